The Labute approximate surface area is 170 Å². The Morgan fingerprint density at radius 3 is 2.17 bits per heavy atom. The number of amides is 2. The lowest BCUT2D eigenvalue weighted by Gasteiger charge is -2.42. The molecule has 4 nitrogen and oxygen atoms in total. The largest absolute Gasteiger partial charge is 0.349 e. The lowest BCUT2D eigenvalue weighted by molar-refractivity contribution is 0.0450. The fraction of sp³-hybridized carbons (Fsp3) is 0.200. The highest BCUT2D eigenvalue weighted by molar-refractivity contribution is 5.99. The molecule has 4 heteroatoms. The summed E-state index contributed by atoms with van der Waals surface area (Å²) in [6.45, 7) is 0. The lowest BCUT2D eigenvalue weighted by atomic mass is 9.86. The summed E-state index contributed by atoms with van der Waals surface area (Å²) in [5.41, 5.74) is 3.62. The molecular formula is C25H22N2O2. The summed E-state index contributed by atoms with van der Waals surface area (Å²) >= 11 is 0. The van der Waals surface area contributed by atoms with Crippen LogP contribution in [-0.4, -0.2) is 22.8 Å². The van der Waals surface area contributed by atoms with Crippen molar-refractivity contribution in [3.63, 3.8) is 0 Å². The molecule has 3 atom stereocenters. The highest BCUT2D eigenvalue weighted by Gasteiger charge is 2.46. The Hall–Kier alpha value is -3.40. The smallest absolute Gasteiger partial charge is 0.255 e. The molecule has 0 bridgehead atoms. The van der Waals surface area contributed by atoms with Gasteiger partial charge < -0.3 is 10.2 Å². The van der Waals surface area contributed by atoms with Gasteiger partial charge in [0.1, 0.15) is 0 Å². The summed E-state index contributed by atoms with van der Waals surface area (Å²) in [4.78, 5) is 28.0. The molecule has 5 rings (SSSR count). The Morgan fingerprint density at radius 2 is 1.41 bits per heavy atom. The maximum atomic E-state index is 13.2. The molecule has 2 aliphatic heterocycles. The molecule has 3 aromatic carbocycles. The van der Waals surface area contributed by atoms with Crippen molar-refractivity contribution in [1.29, 1.82) is 0 Å². The van der Waals surface area contributed by atoms with Crippen molar-refractivity contribution in [1.82, 2.24) is 10.2 Å². The maximum Gasteiger partial charge on any atom is 0.255 e. The van der Waals surface area contributed by atoms with Crippen LogP contribution in [0, 0.1) is 0 Å². The molecule has 2 heterocycles. The van der Waals surface area contributed by atoms with Crippen molar-refractivity contribution in [2.24, 2.45) is 0 Å². The standard InChI is InChI=1S/C25H22N2O2/c28-24(18-11-5-2-6-12-18)26-19-15-22(17-9-3-1-4-10-17)27-23(16-19)20-13-7-8-14-21(20)25(27)29/h1-14,19,22-23H,15-16H2,(H,26,28)/t19-,22+,23+/m1/s1. The number of benzene rings is 3. The summed E-state index contributed by atoms with van der Waals surface area (Å²) in [6.07, 6.45) is 1.43. The van der Waals surface area contributed by atoms with E-state index >= 15 is 0 Å². The minimum atomic E-state index is -0.0616. The normalized spacial score (nSPS) is 22.7. The minimum Gasteiger partial charge on any atom is -0.349 e. The van der Waals surface area contributed by atoms with Crippen molar-refractivity contribution in [2.75, 3.05) is 0 Å². The topological polar surface area (TPSA) is 49.4 Å². The lowest BCUT2D eigenvalue weighted by Crippen LogP contribution is -2.47. The van der Waals surface area contributed by atoms with E-state index in [0.29, 0.717) is 12.0 Å². The van der Waals surface area contributed by atoms with Gasteiger partial charge in [0, 0.05) is 17.2 Å². The van der Waals surface area contributed by atoms with E-state index in [-0.39, 0.29) is 29.9 Å². The van der Waals surface area contributed by atoms with Crippen LogP contribution in [0.1, 0.15) is 56.8 Å². The molecule has 0 radical (unpaired) electrons. The van der Waals surface area contributed by atoms with E-state index in [1.54, 1.807) is 0 Å². The predicted octanol–water partition coefficient (Wildman–Crippen LogP) is 4.52. The third kappa shape index (κ3) is 3.11. The van der Waals surface area contributed by atoms with Crippen LogP contribution in [0.15, 0.2) is 84.9 Å². The van der Waals surface area contributed by atoms with Gasteiger partial charge in [0.25, 0.3) is 11.8 Å². The van der Waals surface area contributed by atoms with Gasteiger partial charge in [0.2, 0.25) is 0 Å². The molecule has 0 aromatic heterocycles. The molecule has 0 spiro atoms. The number of nitrogens with zero attached hydrogens (tertiary/aromatic N) is 1. The predicted molar refractivity (Wildman–Crippen MR) is 111 cm³/mol. The molecule has 0 saturated carbocycles. The monoisotopic (exact) mass is 382 g/mol. The van der Waals surface area contributed by atoms with Crippen LogP contribution in [-0.2, 0) is 0 Å². The number of nitrogens with one attached hydrogen (secondary N) is 1. The first-order chi connectivity index (χ1) is 14.2. The second-order valence-corrected chi connectivity index (χ2v) is 7.75. The average molecular weight is 382 g/mol. The SMILES string of the molecule is O=C(N[C@@H]1C[C@@H](c2ccccc2)N2C(=O)c3ccccc3[C@@H]2C1)c1ccccc1. The number of fused-ring (bicyclic) bond motifs is 3. The van der Waals surface area contributed by atoms with Crippen LogP contribution in [0.3, 0.4) is 0 Å². The number of hydrogen-bond donors (Lipinski definition) is 1. The van der Waals surface area contributed by atoms with Crippen molar-refractivity contribution >= 4 is 11.8 Å². The second kappa shape index (κ2) is 7.21. The third-order valence-corrected chi connectivity index (χ3v) is 6.03. The van der Waals surface area contributed by atoms with Crippen LogP contribution in [0.25, 0.3) is 0 Å². The Balaban J connectivity index is 1.49. The molecule has 1 fully saturated rings. The van der Waals surface area contributed by atoms with E-state index in [2.05, 4.69) is 17.4 Å². The van der Waals surface area contributed by atoms with E-state index in [1.165, 1.54) is 0 Å². The molecule has 2 amide bonds. The van der Waals surface area contributed by atoms with Gasteiger partial charge in [-0.15, -0.1) is 0 Å². The van der Waals surface area contributed by atoms with Gasteiger partial charge in [-0.1, -0.05) is 66.7 Å². The molecule has 29 heavy (non-hydrogen) atoms. The number of carbonyl (C=O) groups is 2. The van der Waals surface area contributed by atoms with E-state index < -0.39 is 0 Å². The summed E-state index contributed by atoms with van der Waals surface area (Å²) in [6, 6.07) is 27.2. The number of carbonyl (C=O) groups excluding carboxylic acids is 2. The average Bonchev–Trinajstić information content (AvgIpc) is 3.07. The first-order valence-electron chi connectivity index (χ1n) is 10.0. The molecular weight excluding hydrogens is 360 g/mol. The maximum absolute atomic E-state index is 13.2. The van der Waals surface area contributed by atoms with E-state index in [9.17, 15) is 9.59 Å². The second-order valence-electron chi connectivity index (χ2n) is 7.75. The fourth-order valence-corrected chi connectivity index (χ4v) is 4.71. The quantitative estimate of drug-likeness (QED) is 0.724. The van der Waals surface area contributed by atoms with Crippen molar-refractivity contribution in [2.45, 2.75) is 31.0 Å². The van der Waals surface area contributed by atoms with Crippen LogP contribution in [0.5, 0.6) is 0 Å². The molecule has 2 aliphatic rings. The van der Waals surface area contributed by atoms with Crippen LogP contribution >= 0.6 is 0 Å². The number of rotatable bonds is 3. The van der Waals surface area contributed by atoms with Gasteiger partial charge in [-0.3, -0.25) is 9.59 Å². The van der Waals surface area contributed by atoms with E-state index in [1.807, 2.05) is 77.7 Å². The minimum absolute atomic E-state index is 0.00637. The fourth-order valence-electron chi connectivity index (χ4n) is 4.71. The molecule has 1 N–H and O–H groups in total. The zero-order valence-corrected chi connectivity index (χ0v) is 16.0. The van der Waals surface area contributed by atoms with Gasteiger partial charge in [-0.2, -0.15) is 0 Å². The first kappa shape index (κ1) is 17.7. The highest BCUT2D eigenvalue weighted by Crippen LogP contribution is 2.47. The summed E-state index contributed by atoms with van der Waals surface area (Å²) in [5.74, 6) is 0.0285. The molecule has 0 aliphatic carbocycles. The van der Waals surface area contributed by atoms with Crippen LogP contribution < -0.4 is 5.32 Å². The van der Waals surface area contributed by atoms with Gasteiger partial charge in [0.15, 0.2) is 0 Å². The van der Waals surface area contributed by atoms with Gasteiger partial charge in [0.05, 0.1) is 12.1 Å². The van der Waals surface area contributed by atoms with Crippen molar-refractivity contribution < 1.29 is 9.59 Å². The number of hydrogen-bond acceptors (Lipinski definition) is 2. The molecule has 1 saturated heterocycles. The van der Waals surface area contributed by atoms with Gasteiger partial charge in [-0.05, 0) is 42.2 Å². The van der Waals surface area contributed by atoms with Crippen molar-refractivity contribution in [3.8, 4) is 0 Å². The summed E-state index contributed by atoms with van der Waals surface area (Å²) < 4.78 is 0. The van der Waals surface area contributed by atoms with Gasteiger partial charge >= 0.3 is 0 Å². The summed E-state index contributed by atoms with van der Waals surface area (Å²) in [5, 5.41) is 3.22. The first-order valence-corrected chi connectivity index (χ1v) is 10.0. The number of piperidine rings is 1. The third-order valence-electron chi connectivity index (χ3n) is 6.03. The van der Waals surface area contributed by atoms with Gasteiger partial charge in [-0.25, -0.2) is 0 Å². The Bertz CT molecular complexity index is 1050. The Kier molecular flexibility index (Phi) is 4.39. The molecule has 3 aromatic rings. The molecule has 0 unspecified atom stereocenters. The Morgan fingerprint density at radius 1 is 0.793 bits per heavy atom. The molecule has 144 valence electrons. The van der Waals surface area contributed by atoms with Crippen molar-refractivity contribution in [3.05, 3.63) is 107 Å². The van der Waals surface area contributed by atoms with Crippen LogP contribution in [0.2, 0.25) is 0 Å². The summed E-state index contributed by atoms with van der Waals surface area (Å²) in [7, 11) is 0. The van der Waals surface area contributed by atoms with E-state index in [0.717, 1.165) is 23.1 Å². The zero-order chi connectivity index (χ0) is 19.8. The van der Waals surface area contributed by atoms with E-state index in [4.69, 9.17) is 0 Å². The van der Waals surface area contributed by atoms with Crippen LogP contribution in [0.4, 0.5) is 0 Å². The highest BCUT2D eigenvalue weighted by atomic mass is 16.2. The zero-order valence-electron chi connectivity index (χ0n) is 16.0.